The predicted octanol–water partition coefficient (Wildman–Crippen LogP) is 5.57. The van der Waals surface area contributed by atoms with Gasteiger partial charge in [0.2, 0.25) is 0 Å². The Bertz CT molecular complexity index is 988. The number of anilines is 1. The normalized spacial score (nSPS) is 10.9. The van der Waals surface area contributed by atoms with Gasteiger partial charge in [0.1, 0.15) is 11.3 Å². The summed E-state index contributed by atoms with van der Waals surface area (Å²) in [5.74, 6) is 0.504. The SMILES string of the molecule is O=C(Nc1nc(-c2cc3ccccc3o2)cs1)c1ccc(Br)cc1. The van der Waals surface area contributed by atoms with Gasteiger partial charge in [-0.3, -0.25) is 10.1 Å². The summed E-state index contributed by atoms with van der Waals surface area (Å²) in [4.78, 5) is 16.7. The molecule has 118 valence electrons. The van der Waals surface area contributed by atoms with Crippen LogP contribution in [0.5, 0.6) is 0 Å². The van der Waals surface area contributed by atoms with Crippen molar-refractivity contribution in [3.05, 3.63) is 70.0 Å². The minimum Gasteiger partial charge on any atom is -0.454 e. The summed E-state index contributed by atoms with van der Waals surface area (Å²) in [7, 11) is 0. The van der Waals surface area contributed by atoms with Crippen LogP contribution in [0.1, 0.15) is 10.4 Å². The van der Waals surface area contributed by atoms with Gasteiger partial charge in [0.15, 0.2) is 10.9 Å². The Morgan fingerprint density at radius 3 is 2.71 bits per heavy atom. The summed E-state index contributed by atoms with van der Waals surface area (Å²) < 4.78 is 6.73. The molecule has 0 atom stereocenters. The summed E-state index contributed by atoms with van der Waals surface area (Å²) in [6.45, 7) is 0. The van der Waals surface area contributed by atoms with E-state index in [0.717, 1.165) is 15.4 Å². The van der Waals surface area contributed by atoms with Gasteiger partial charge in [-0.2, -0.15) is 0 Å². The van der Waals surface area contributed by atoms with Crippen LogP contribution >= 0.6 is 27.3 Å². The van der Waals surface area contributed by atoms with Crippen molar-refractivity contribution in [3.63, 3.8) is 0 Å². The lowest BCUT2D eigenvalue weighted by atomic mass is 10.2. The number of benzene rings is 2. The number of carbonyl (C=O) groups excluding carboxylic acids is 1. The molecule has 2 aromatic heterocycles. The van der Waals surface area contributed by atoms with Gasteiger partial charge in [0, 0.05) is 20.8 Å². The van der Waals surface area contributed by atoms with Crippen molar-refractivity contribution in [2.45, 2.75) is 0 Å². The van der Waals surface area contributed by atoms with Crippen molar-refractivity contribution >= 4 is 49.3 Å². The van der Waals surface area contributed by atoms with Gasteiger partial charge in [0.25, 0.3) is 5.91 Å². The lowest BCUT2D eigenvalue weighted by molar-refractivity contribution is 0.102. The third-order valence-corrected chi connectivity index (χ3v) is 4.80. The molecule has 0 unspecified atom stereocenters. The number of amides is 1. The molecular formula is C18H11BrN2O2S. The maximum absolute atomic E-state index is 12.2. The third-order valence-electron chi connectivity index (χ3n) is 3.51. The summed E-state index contributed by atoms with van der Waals surface area (Å²) in [5.41, 5.74) is 2.11. The zero-order valence-electron chi connectivity index (χ0n) is 12.3. The molecule has 0 fully saturated rings. The summed E-state index contributed by atoms with van der Waals surface area (Å²) >= 11 is 4.72. The highest BCUT2D eigenvalue weighted by Crippen LogP contribution is 2.30. The number of fused-ring (bicyclic) bond motifs is 1. The molecule has 4 nitrogen and oxygen atoms in total. The van der Waals surface area contributed by atoms with Crippen LogP contribution in [0.15, 0.2) is 68.9 Å². The van der Waals surface area contributed by atoms with E-state index < -0.39 is 0 Å². The highest BCUT2D eigenvalue weighted by molar-refractivity contribution is 9.10. The van der Waals surface area contributed by atoms with Gasteiger partial charge in [-0.05, 0) is 36.4 Å². The first-order chi connectivity index (χ1) is 11.7. The Labute approximate surface area is 150 Å². The first kappa shape index (κ1) is 15.1. The smallest absolute Gasteiger partial charge is 0.257 e. The lowest BCUT2D eigenvalue weighted by Gasteiger charge is -2.01. The number of nitrogens with zero attached hydrogens (tertiary/aromatic N) is 1. The number of rotatable bonds is 3. The van der Waals surface area contributed by atoms with Crippen LogP contribution in [-0.4, -0.2) is 10.9 Å². The minimum atomic E-state index is -0.187. The topological polar surface area (TPSA) is 55.1 Å². The van der Waals surface area contributed by atoms with E-state index >= 15 is 0 Å². The van der Waals surface area contributed by atoms with Crippen molar-refractivity contribution < 1.29 is 9.21 Å². The number of para-hydroxylation sites is 1. The van der Waals surface area contributed by atoms with E-state index in [1.165, 1.54) is 11.3 Å². The van der Waals surface area contributed by atoms with Crippen LogP contribution in [0.25, 0.3) is 22.4 Å². The average molecular weight is 399 g/mol. The molecule has 6 heteroatoms. The molecule has 2 heterocycles. The maximum Gasteiger partial charge on any atom is 0.257 e. The predicted molar refractivity (Wildman–Crippen MR) is 99.4 cm³/mol. The van der Waals surface area contributed by atoms with Gasteiger partial charge in [-0.15, -0.1) is 11.3 Å². The molecule has 0 radical (unpaired) electrons. The quantitative estimate of drug-likeness (QED) is 0.490. The number of carbonyl (C=O) groups is 1. The number of thiazole rings is 1. The van der Waals surface area contributed by atoms with Crippen molar-refractivity contribution in [2.75, 3.05) is 5.32 Å². The molecule has 2 aromatic carbocycles. The zero-order valence-corrected chi connectivity index (χ0v) is 14.7. The van der Waals surface area contributed by atoms with E-state index in [1.807, 2.05) is 47.8 Å². The molecule has 0 spiro atoms. The molecule has 0 aliphatic carbocycles. The van der Waals surface area contributed by atoms with E-state index in [2.05, 4.69) is 26.2 Å². The van der Waals surface area contributed by atoms with Gasteiger partial charge in [-0.25, -0.2) is 4.98 Å². The Hall–Kier alpha value is -2.44. The van der Waals surface area contributed by atoms with Gasteiger partial charge >= 0.3 is 0 Å². The molecule has 4 aromatic rings. The van der Waals surface area contributed by atoms with Crippen LogP contribution < -0.4 is 5.32 Å². The minimum absolute atomic E-state index is 0.187. The second-order valence-corrected chi connectivity index (χ2v) is 6.92. The molecule has 0 saturated heterocycles. The number of hydrogen-bond acceptors (Lipinski definition) is 4. The van der Waals surface area contributed by atoms with Crippen LogP contribution in [-0.2, 0) is 0 Å². The monoisotopic (exact) mass is 398 g/mol. The van der Waals surface area contributed by atoms with Crippen LogP contribution in [0.2, 0.25) is 0 Å². The van der Waals surface area contributed by atoms with E-state index in [9.17, 15) is 4.79 Å². The zero-order chi connectivity index (χ0) is 16.5. The number of halogens is 1. The first-order valence-corrected chi connectivity index (χ1v) is 8.88. The number of nitrogens with one attached hydrogen (secondary N) is 1. The summed E-state index contributed by atoms with van der Waals surface area (Å²) in [6, 6.07) is 16.9. The molecule has 0 saturated carbocycles. The van der Waals surface area contributed by atoms with E-state index in [4.69, 9.17) is 4.42 Å². The van der Waals surface area contributed by atoms with Crippen molar-refractivity contribution in [1.29, 1.82) is 0 Å². The molecule has 1 N–H and O–H groups in total. The van der Waals surface area contributed by atoms with E-state index in [1.54, 1.807) is 12.1 Å². The highest BCUT2D eigenvalue weighted by Gasteiger charge is 2.12. The fourth-order valence-corrected chi connectivity index (χ4v) is 3.28. The Kier molecular flexibility index (Phi) is 3.92. The molecule has 1 amide bonds. The third kappa shape index (κ3) is 2.98. The second kappa shape index (κ2) is 6.22. The van der Waals surface area contributed by atoms with Gasteiger partial charge < -0.3 is 4.42 Å². The summed E-state index contributed by atoms with van der Waals surface area (Å²) in [5, 5.41) is 6.25. The van der Waals surface area contributed by atoms with E-state index in [-0.39, 0.29) is 5.91 Å². The number of aromatic nitrogens is 1. The molecule has 0 aliphatic rings. The Balaban J connectivity index is 1.56. The Morgan fingerprint density at radius 2 is 1.92 bits per heavy atom. The molecule has 0 bridgehead atoms. The van der Waals surface area contributed by atoms with Gasteiger partial charge in [0.05, 0.1) is 0 Å². The molecule has 24 heavy (non-hydrogen) atoms. The number of furan rings is 1. The molecule has 0 aliphatic heterocycles. The second-order valence-electron chi connectivity index (χ2n) is 5.15. The maximum atomic E-state index is 12.2. The fourth-order valence-electron chi connectivity index (χ4n) is 2.32. The van der Waals surface area contributed by atoms with Crippen molar-refractivity contribution in [2.24, 2.45) is 0 Å². The number of hydrogen-bond donors (Lipinski definition) is 1. The fraction of sp³-hybridized carbons (Fsp3) is 0. The summed E-state index contributed by atoms with van der Waals surface area (Å²) in [6.07, 6.45) is 0. The average Bonchev–Trinajstić information content (AvgIpc) is 3.21. The standard InChI is InChI=1S/C18H11BrN2O2S/c19-13-7-5-11(6-8-13)17(22)21-18-20-14(10-24-18)16-9-12-3-1-2-4-15(12)23-16/h1-10H,(H,20,21,22). The Morgan fingerprint density at radius 1 is 1.12 bits per heavy atom. The molecular weight excluding hydrogens is 388 g/mol. The first-order valence-electron chi connectivity index (χ1n) is 7.20. The lowest BCUT2D eigenvalue weighted by Crippen LogP contribution is -2.11. The highest BCUT2D eigenvalue weighted by atomic mass is 79.9. The van der Waals surface area contributed by atoms with Crippen molar-refractivity contribution in [3.8, 4) is 11.5 Å². The van der Waals surface area contributed by atoms with Crippen molar-refractivity contribution in [1.82, 2.24) is 4.98 Å². The van der Waals surface area contributed by atoms with Crippen LogP contribution in [0.4, 0.5) is 5.13 Å². The van der Waals surface area contributed by atoms with Crippen LogP contribution in [0, 0.1) is 0 Å². The van der Waals surface area contributed by atoms with Gasteiger partial charge in [-0.1, -0.05) is 34.1 Å². The van der Waals surface area contributed by atoms with Crippen LogP contribution in [0.3, 0.4) is 0 Å². The van der Waals surface area contributed by atoms with E-state index in [0.29, 0.717) is 22.1 Å². The largest absolute Gasteiger partial charge is 0.454 e. The molecule has 4 rings (SSSR count).